The SMILES string of the molecule is CC(C)[C@H]1CN(c2ncc(C3CC3)cn2)C(=O)N1CC(=O)Nc1cc(C2CC2)ccn1. The predicted molar refractivity (Wildman–Crippen MR) is 117 cm³/mol. The van der Waals surface area contributed by atoms with E-state index in [9.17, 15) is 9.59 Å². The number of urea groups is 1. The van der Waals surface area contributed by atoms with Crippen molar-refractivity contribution >= 4 is 23.7 Å². The lowest BCUT2D eigenvalue weighted by molar-refractivity contribution is -0.117. The number of nitrogens with one attached hydrogen (secondary N) is 1. The van der Waals surface area contributed by atoms with Gasteiger partial charge in [0, 0.05) is 18.6 Å². The summed E-state index contributed by atoms with van der Waals surface area (Å²) in [5.41, 5.74) is 2.34. The van der Waals surface area contributed by atoms with Crippen molar-refractivity contribution in [1.29, 1.82) is 0 Å². The second-order valence-electron chi connectivity index (χ2n) is 9.22. The molecule has 2 aliphatic carbocycles. The predicted octanol–water partition coefficient (Wildman–Crippen LogP) is 3.53. The van der Waals surface area contributed by atoms with E-state index in [0.717, 1.165) is 5.56 Å². The number of carbonyl (C=O) groups is 2. The van der Waals surface area contributed by atoms with Crippen molar-refractivity contribution in [1.82, 2.24) is 19.9 Å². The fraction of sp³-hybridized carbons (Fsp3) is 0.522. The average molecular weight is 421 g/mol. The van der Waals surface area contributed by atoms with Crippen molar-refractivity contribution in [2.24, 2.45) is 5.92 Å². The Morgan fingerprint density at radius 1 is 1.10 bits per heavy atom. The van der Waals surface area contributed by atoms with Gasteiger partial charge >= 0.3 is 6.03 Å². The highest BCUT2D eigenvalue weighted by Gasteiger charge is 2.41. The van der Waals surface area contributed by atoms with E-state index < -0.39 is 0 Å². The van der Waals surface area contributed by atoms with Crippen LogP contribution in [0.15, 0.2) is 30.7 Å². The van der Waals surface area contributed by atoms with Gasteiger partial charge in [0.1, 0.15) is 12.4 Å². The molecule has 31 heavy (non-hydrogen) atoms. The molecular weight excluding hydrogens is 392 g/mol. The molecule has 0 unspecified atom stereocenters. The van der Waals surface area contributed by atoms with Gasteiger partial charge < -0.3 is 10.2 Å². The lowest BCUT2D eigenvalue weighted by Crippen LogP contribution is -2.43. The van der Waals surface area contributed by atoms with Crippen LogP contribution in [-0.4, -0.2) is 50.9 Å². The van der Waals surface area contributed by atoms with E-state index in [2.05, 4.69) is 34.1 Å². The molecule has 0 spiro atoms. The van der Waals surface area contributed by atoms with Gasteiger partial charge in [-0.3, -0.25) is 9.69 Å². The first-order valence-corrected chi connectivity index (χ1v) is 11.2. The first-order valence-electron chi connectivity index (χ1n) is 11.2. The largest absolute Gasteiger partial charge is 0.327 e. The fourth-order valence-corrected chi connectivity index (χ4v) is 4.20. The van der Waals surface area contributed by atoms with Gasteiger partial charge in [-0.15, -0.1) is 0 Å². The molecule has 0 radical (unpaired) electrons. The minimum absolute atomic E-state index is 0.0202. The molecule has 3 aliphatic rings. The van der Waals surface area contributed by atoms with Crippen LogP contribution in [0.1, 0.15) is 62.5 Å². The Morgan fingerprint density at radius 3 is 2.42 bits per heavy atom. The van der Waals surface area contributed by atoms with Gasteiger partial charge in [-0.25, -0.2) is 19.7 Å². The van der Waals surface area contributed by atoms with E-state index in [1.54, 1.807) is 16.0 Å². The Balaban J connectivity index is 1.28. The van der Waals surface area contributed by atoms with Crippen LogP contribution in [-0.2, 0) is 4.79 Å². The number of aromatic nitrogens is 3. The van der Waals surface area contributed by atoms with E-state index in [-0.39, 0.29) is 30.4 Å². The van der Waals surface area contributed by atoms with E-state index in [1.807, 2.05) is 24.5 Å². The van der Waals surface area contributed by atoms with Crippen LogP contribution in [0.4, 0.5) is 16.6 Å². The summed E-state index contributed by atoms with van der Waals surface area (Å²) >= 11 is 0. The maximum absolute atomic E-state index is 13.2. The Hall–Kier alpha value is -3.03. The van der Waals surface area contributed by atoms with Gasteiger partial charge in [0.05, 0.1) is 12.6 Å². The Bertz CT molecular complexity index is 984. The van der Waals surface area contributed by atoms with Gasteiger partial charge in [0.15, 0.2) is 0 Å². The summed E-state index contributed by atoms with van der Waals surface area (Å²) in [5, 5.41) is 2.86. The van der Waals surface area contributed by atoms with Gasteiger partial charge in [-0.2, -0.15) is 0 Å². The van der Waals surface area contributed by atoms with Crippen molar-refractivity contribution in [3.8, 4) is 0 Å². The van der Waals surface area contributed by atoms with Crippen LogP contribution in [0.2, 0.25) is 0 Å². The molecule has 1 atom stereocenters. The molecule has 0 aromatic carbocycles. The maximum atomic E-state index is 13.2. The summed E-state index contributed by atoms with van der Waals surface area (Å²) in [6.07, 6.45) is 10.1. The second kappa shape index (κ2) is 7.90. The van der Waals surface area contributed by atoms with Crippen molar-refractivity contribution < 1.29 is 9.59 Å². The van der Waals surface area contributed by atoms with Gasteiger partial charge in [0.2, 0.25) is 11.9 Å². The quantitative estimate of drug-likeness (QED) is 0.740. The topological polar surface area (TPSA) is 91.3 Å². The molecule has 1 saturated heterocycles. The third-order valence-corrected chi connectivity index (χ3v) is 6.38. The molecular formula is C23H28N6O2. The third-order valence-electron chi connectivity index (χ3n) is 6.38. The summed E-state index contributed by atoms with van der Waals surface area (Å²) < 4.78 is 0. The van der Waals surface area contributed by atoms with Crippen LogP contribution >= 0.6 is 0 Å². The van der Waals surface area contributed by atoms with Gasteiger partial charge in [-0.05, 0) is 66.7 Å². The van der Waals surface area contributed by atoms with E-state index in [1.165, 1.54) is 31.2 Å². The average Bonchev–Trinajstić information content (AvgIpc) is 3.67. The smallest absolute Gasteiger partial charge is 0.310 e. The Morgan fingerprint density at radius 2 is 1.77 bits per heavy atom. The minimum Gasteiger partial charge on any atom is -0.310 e. The minimum atomic E-state index is -0.244. The highest BCUT2D eigenvalue weighted by molar-refractivity contribution is 5.98. The summed E-state index contributed by atoms with van der Waals surface area (Å²) in [5.74, 6) is 2.05. The number of rotatable bonds is 7. The molecule has 3 fully saturated rings. The lowest BCUT2D eigenvalue weighted by atomic mass is 10.0. The lowest BCUT2D eigenvalue weighted by Gasteiger charge is -2.25. The molecule has 2 aromatic heterocycles. The molecule has 8 nitrogen and oxygen atoms in total. The normalized spacial score (nSPS) is 21.1. The monoisotopic (exact) mass is 420 g/mol. The van der Waals surface area contributed by atoms with E-state index in [0.29, 0.717) is 30.1 Å². The summed E-state index contributed by atoms with van der Waals surface area (Å²) in [4.78, 5) is 42.3. The number of carbonyl (C=O) groups excluding carboxylic acids is 2. The first kappa shape index (κ1) is 19.9. The number of anilines is 2. The summed E-state index contributed by atoms with van der Waals surface area (Å²) in [6.45, 7) is 4.57. The number of hydrogen-bond acceptors (Lipinski definition) is 5. The van der Waals surface area contributed by atoms with Crippen LogP contribution < -0.4 is 10.2 Å². The molecule has 162 valence electrons. The van der Waals surface area contributed by atoms with Crippen molar-refractivity contribution in [3.63, 3.8) is 0 Å². The zero-order valence-electron chi connectivity index (χ0n) is 18.0. The molecule has 8 heteroatoms. The molecule has 5 rings (SSSR count). The summed E-state index contributed by atoms with van der Waals surface area (Å²) in [7, 11) is 0. The highest BCUT2D eigenvalue weighted by Crippen LogP contribution is 2.40. The van der Waals surface area contributed by atoms with E-state index >= 15 is 0 Å². The molecule has 3 heterocycles. The number of nitrogens with zero attached hydrogens (tertiary/aromatic N) is 5. The zero-order valence-corrected chi connectivity index (χ0v) is 18.0. The number of pyridine rings is 1. The second-order valence-corrected chi connectivity index (χ2v) is 9.22. The molecule has 2 saturated carbocycles. The van der Waals surface area contributed by atoms with Crippen LogP contribution in [0, 0.1) is 5.92 Å². The fourth-order valence-electron chi connectivity index (χ4n) is 4.20. The van der Waals surface area contributed by atoms with Gasteiger partial charge in [-0.1, -0.05) is 13.8 Å². The first-order chi connectivity index (χ1) is 15.0. The van der Waals surface area contributed by atoms with Crippen LogP contribution in [0.3, 0.4) is 0 Å². The van der Waals surface area contributed by atoms with Crippen molar-refractivity contribution in [2.75, 3.05) is 23.3 Å². The van der Waals surface area contributed by atoms with Crippen LogP contribution in [0.5, 0.6) is 0 Å². The molecule has 0 bridgehead atoms. The van der Waals surface area contributed by atoms with Crippen molar-refractivity contribution in [3.05, 3.63) is 41.9 Å². The highest BCUT2D eigenvalue weighted by atomic mass is 16.2. The molecule has 3 amide bonds. The Labute approximate surface area is 182 Å². The summed E-state index contributed by atoms with van der Waals surface area (Å²) in [6, 6.07) is 3.62. The zero-order chi connectivity index (χ0) is 21.5. The van der Waals surface area contributed by atoms with Crippen LogP contribution in [0.25, 0.3) is 0 Å². The Kier molecular flexibility index (Phi) is 5.08. The van der Waals surface area contributed by atoms with Crippen molar-refractivity contribution in [2.45, 2.75) is 57.4 Å². The number of amides is 3. The number of hydrogen-bond donors (Lipinski definition) is 1. The molecule has 2 aromatic rings. The maximum Gasteiger partial charge on any atom is 0.327 e. The molecule has 1 aliphatic heterocycles. The third kappa shape index (κ3) is 4.24. The van der Waals surface area contributed by atoms with Gasteiger partial charge in [0.25, 0.3) is 0 Å². The van der Waals surface area contributed by atoms with E-state index in [4.69, 9.17) is 0 Å². The standard InChI is InChI=1S/C23H28N6O2/c1-14(2)19-12-29(22-25-10-18(11-26-22)16-5-6-16)23(31)28(19)13-21(30)27-20-9-17(7-8-24-20)15-3-4-15/h7-11,14-16,19H,3-6,12-13H2,1-2H3,(H,24,27,30)/t19-/m1/s1. The molecule has 1 N–H and O–H groups in total.